The maximum absolute atomic E-state index is 13.8. The van der Waals surface area contributed by atoms with Gasteiger partial charge in [-0.25, -0.2) is 0 Å². The van der Waals surface area contributed by atoms with Crippen LogP contribution in [0.4, 0.5) is 5.69 Å². The Labute approximate surface area is 267 Å². The molecule has 0 unspecified atom stereocenters. The van der Waals surface area contributed by atoms with Crippen LogP contribution in [0.5, 0.6) is 17.2 Å². The minimum atomic E-state index is -0.523. The van der Waals surface area contributed by atoms with E-state index in [1.165, 1.54) is 5.56 Å². The normalized spacial score (nSPS) is 16.1. The number of anilines is 1. The zero-order valence-electron chi connectivity index (χ0n) is 24.8. The van der Waals surface area contributed by atoms with Crippen LogP contribution in [0.1, 0.15) is 38.8 Å². The molecule has 0 radical (unpaired) electrons. The van der Waals surface area contributed by atoms with Crippen LogP contribution in [0.2, 0.25) is 0 Å². The summed E-state index contributed by atoms with van der Waals surface area (Å²) in [5, 5.41) is -0.449. The van der Waals surface area contributed by atoms with Gasteiger partial charge in [0.25, 0.3) is 0 Å². The number of benzene rings is 4. The van der Waals surface area contributed by atoms with Crippen LogP contribution in [-0.4, -0.2) is 42.8 Å². The highest BCUT2D eigenvalue weighted by molar-refractivity contribution is 8.01. The summed E-state index contributed by atoms with van der Waals surface area (Å²) in [5.41, 5.74) is 9.87. The van der Waals surface area contributed by atoms with E-state index in [-0.39, 0.29) is 16.5 Å². The number of methoxy groups -OCH3 is 2. The van der Waals surface area contributed by atoms with E-state index in [4.69, 9.17) is 19.9 Å². The van der Waals surface area contributed by atoms with E-state index >= 15 is 0 Å². The molecule has 0 bridgehead atoms. The second kappa shape index (κ2) is 15.1. The molecular formula is C35H36N2O5S2. The van der Waals surface area contributed by atoms with E-state index in [0.29, 0.717) is 17.9 Å². The average Bonchev–Trinajstić information content (AvgIpc) is 3.39. The summed E-state index contributed by atoms with van der Waals surface area (Å²) in [6.07, 6.45) is 1.63. The summed E-state index contributed by atoms with van der Waals surface area (Å²) in [6.45, 7) is 0.481. The first kappa shape index (κ1) is 31.3. The van der Waals surface area contributed by atoms with E-state index in [1.54, 1.807) is 49.1 Å². The van der Waals surface area contributed by atoms with Crippen molar-refractivity contribution in [2.24, 2.45) is 5.73 Å². The van der Waals surface area contributed by atoms with Gasteiger partial charge in [-0.2, -0.15) is 11.8 Å². The van der Waals surface area contributed by atoms with Crippen molar-refractivity contribution in [3.8, 4) is 17.2 Å². The van der Waals surface area contributed by atoms with Crippen LogP contribution in [0.15, 0.2) is 97.1 Å². The van der Waals surface area contributed by atoms with E-state index in [2.05, 4.69) is 6.07 Å². The molecular weight excluding hydrogens is 593 g/mol. The second-order valence-electron chi connectivity index (χ2n) is 10.3. The second-order valence-corrected chi connectivity index (χ2v) is 12.8. The van der Waals surface area contributed by atoms with Crippen molar-refractivity contribution < 1.29 is 23.8 Å². The van der Waals surface area contributed by atoms with Crippen molar-refractivity contribution in [1.82, 2.24) is 0 Å². The largest absolute Gasteiger partial charge is 0.493 e. The number of primary amides is 1. The van der Waals surface area contributed by atoms with Gasteiger partial charge in [-0.3, -0.25) is 14.5 Å². The fraction of sp³-hybridized carbons (Fsp3) is 0.257. The number of thioether (sulfide) groups is 2. The monoisotopic (exact) mass is 628 g/mol. The topological polar surface area (TPSA) is 91.1 Å². The molecule has 1 aliphatic rings. The van der Waals surface area contributed by atoms with Gasteiger partial charge in [0.2, 0.25) is 11.8 Å². The van der Waals surface area contributed by atoms with Gasteiger partial charge in [0.05, 0.1) is 19.5 Å². The molecule has 0 aliphatic carbocycles. The Kier molecular flexibility index (Phi) is 10.7. The SMILES string of the molecule is COc1ccc(CCSCC[C@@H]2S[C@@H](c3ccc(OCc4ccccc4)cc3)N(c3cccc(C(N)=O)c3)C2=O)cc1OC. The quantitative estimate of drug-likeness (QED) is 0.152. The molecule has 9 heteroatoms. The van der Waals surface area contributed by atoms with Gasteiger partial charge in [0.15, 0.2) is 11.5 Å². The number of amides is 2. The predicted molar refractivity (Wildman–Crippen MR) is 179 cm³/mol. The van der Waals surface area contributed by atoms with Gasteiger partial charge in [0.1, 0.15) is 17.7 Å². The third kappa shape index (κ3) is 7.70. The van der Waals surface area contributed by atoms with Gasteiger partial charge >= 0.3 is 0 Å². The molecule has 0 aromatic heterocycles. The lowest BCUT2D eigenvalue weighted by atomic mass is 10.1. The van der Waals surface area contributed by atoms with Crippen molar-refractivity contribution in [3.63, 3.8) is 0 Å². The van der Waals surface area contributed by atoms with Crippen molar-refractivity contribution in [3.05, 3.63) is 119 Å². The Morgan fingerprint density at radius 3 is 2.36 bits per heavy atom. The van der Waals surface area contributed by atoms with Gasteiger partial charge < -0.3 is 19.9 Å². The molecule has 2 N–H and O–H groups in total. The highest BCUT2D eigenvalue weighted by Gasteiger charge is 2.41. The first-order chi connectivity index (χ1) is 21.5. The molecule has 44 heavy (non-hydrogen) atoms. The number of hydrogen-bond acceptors (Lipinski definition) is 7. The number of hydrogen-bond donors (Lipinski definition) is 1. The summed E-state index contributed by atoms with van der Waals surface area (Å²) < 4.78 is 16.7. The van der Waals surface area contributed by atoms with E-state index in [0.717, 1.165) is 52.7 Å². The lowest BCUT2D eigenvalue weighted by molar-refractivity contribution is -0.117. The van der Waals surface area contributed by atoms with Crippen LogP contribution in [0.25, 0.3) is 0 Å². The number of nitrogens with two attached hydrogens (primary N) is 1. The van der Waals surface area contributed by atoms with Crippen LogP contribution >= 0.6 is 23.5 Å². The number of carbonyl (C=O) groups is 2. The summed E-state index contributed by atoms with van der Waals surface area (Å²) in [6, 6.07) is 30.9. The minimum absolute atomic E-state index is 0.0338. The lowest BCUT2D eigenvalue weighted by Gasteiger charge is -2.25. The van der Waals surface area contributed by atoms with E-state index in [9.17, 15) is 9.59 Å². The molecule has 4 aromatic carbocycles. The number of carbonyl (C=O) groups excluding carboxylic acids is 2. The highest BCUT2D eigenvalue weighted by Crippen LogP contribution is 2.47. The standard InChI is InChI=1S/C35H36N2O5S2/c1-40-30-16-11-24(21-31(30)41-2)17-19-43-20-18-32-34(39)37(28-10-6-9-27(22-28)33(36)38)35(44-32)26-12-14-29(15-13-26)42-23-25-7-4-3-5-8-25/h3-16,21-22,32,35H,17-20,23H2,1-2H3,(H2,36,38)/t32-,35-/m0/s1. The lowest BCUT2D eigenvalue weighted by Crippen LogP contribution is -2.31. The van der Waals surface area contributed by atoms with E-state index in [1.807, 2.05) is 84.6 Å². The molecule has 0 saturated carbocycles. The van der Waals surface area contributed by atoms with Crippen molar-refractivity contribution in [2.75, 3.05) is 30.6 Å². The van der Waals surface area contributed by atoms with Crippen LogP contribution in [0.3, 0.4) is 0 Å². The summed E-state index contributed by atoms with van der Waals surface area (Å²) in [4.78, 5) is 27.6. The molecule has 0 spiro atoms. The Balaban J connectivity index is 1.25. The smallest absolute Gasteiger partial charge is 0.248 e. The minimum Gasteiger partial charge on any atom is -0.493 e. The van der Waals surface area contributed by atoms with Crippen molar-refractivity contribution in [1.29, 1.82) is 0 Å². The number of aryl methyl sites for hydroxylation is 1. The molecule has 1 saturated heterocycles. The molecule has 7 nitrogen and oxygen atoms in total. The van der Waals surface area contributed by atoms with Gasteiger partial charge in [0, 0.05) is 11.3 Å². The first-order valence-corrected chi connectivity index (χ1v) is 16.5. The Morgan fingerprint density at radius 1 is 0.864 bits per heavy atom. The Bertz CT molecular complexity index is 1570. The van der Waals surface area contributed by atoms with Crippen molar-refractivity contribution >= 4 is 41.0 Å². The molecule has 1 aliphatic heterocycles. The Hall–Kier alpha value is -4.08. The zero-order chi connectivity index (χ0) is 30.9. The summed E-state index contributed by atoms with van der Waals surface area (Å²) >= 11 is 3.48. The fourth-order valence-electron chi connectivity index (χ4n) is 5.02. The predicted octanol–water partition coefficient (Wildman–Crippen LogP) is 6.89. The zero-order valence-corrected chi connectivity index (χ0v) is 26.4. The van der Waals surface area contributed by atoms with Crippen LogP contribution in [0, 0.1) is 0 Å². The van der Waals surface area contributed by atoms with Crippen LogP contribution < -0.4 is 24.8 Å². The molecule has 2 amide bonds. The maximum Gasteiger partial charge on any atom is 0.248 e. The first-order valence-electron chi connectivity index (χ1n) is 14.4. The van der Waals surface area contributed by atoms with Gasteiger partial charge in [-0.15, -0.1) is 11.8 Å². The average molecular weight is 629 g/mol. The number of ether oxygens (including phenoxy) is 3. The number of nitrogens with zero attached hydrogens (tertiary/aromatic N) is 1. The van der Waals surface area contributed by atoms with E-state index < -0.39 is 5.91 Å². The summed E-state index contributed by atoms with van der Waals surface area (Å²) in [7, 11) is 3.27. The third-order valence-electron chi connectivity index (χ3n) is 7.37. The summed E-state index contributed by atoms with van der Waals surface area (Å²) in [5.74, 6) is 3.50. The maximum atomic E-state index is 13.8. The molecule has 2 atom stereocenters. The van der Waals surface area contributed by atoms with Gasteiger partial charge in [-0.1, -0.05) is 54.6 Å². The number of rotatable bonds is 14. The molecule has 1 fully saturated rings. The van der Waals surface area contributed by atoms with Crippen LogP contribution in [-0.2, 0) is 17.8 Å². The molecule has 228 valence electrons. The third-order valence-corrected chi connectivity index (χ3v) is 9.89. The molecule has 4 aromatic rings. The molecule has 1 heterocycles. The van der Waals surface area contributed by atoms with Crippen molar-refractivity contribution in [2.45, 2.75) is 30.1 Å². The Morgan fingerprint density at radius 2 is 1.64 bits per heavy atom. The fourth-order valence-corrected chi connectivity index (χ4v) is 7.62. The highest BCUT2D eigenvalue weighted by atomic mass is 32.2. The molecule has 5 rings (SSSR count). The van der Waals surface area contributed by atoms with Gasteiger partial charge in [-0.05, 0) is 83.5 Å².